The van der Waals surface area contributed by atoms with Crippen molar-refractivity contribution in [1.82, 2.24) is 24.7 Å². The van der Waals surface area contributed by atoms with E-state index in [1.54, 1.807) is 11.3 Å². The minimum atomic E-state index is 0.196. The Kier molecular flexibility index (Phi) is 5.00. The number of hydrogen-bond acceptors (Lipinski definition) is 8. The number of rotatable bonds is 4. The predicted octanol–water partition coefficient (Wildman–Crippen LogP) is 1.81. The van der Waals surface area contributed by atoms with Crippen LogP contribution in [-0.2, 0) is 17.9 Å². The molecule has 2 aromatic rings. The lowest BCUT2D eigenvalue weighted by molar-refractivity contribution is 0.0742. The number of thiazole rings is 1. The van der Waals surface area contributed by atoms with E-state index in [9.17, 15) is 0 Å². The number of aromatic nitrogens is 2. The van der Waals surface area contributed by atoms with Crippen LogP contribution < -0.4 is 0 Å². The number of likely N-dealkylation sites (tertiary alicyclic amines) is 1. The van der Waals surface area contributed by atoms with Crippen molar-refractivity contribution in [3.63, 3.8) is 0 Å². The molecule has 0 unspecified atom stereocenters. The molecule has 28 heavy (non-hydrogen) atoms. The van der Waals surface area contributed by atoms with Gasteiger partial charge in [0.25, 0.3) is 0 Å². The fraction of sp³-hybridized carbons (Fsp3) is 0.550. The number of piperazine rings is 1. The maximum Gasteiger partial charge on any atom is 0.152 e. The third kappa shape index (κ3) is 3.76. The van der Waals surface area contributed by atoms with Gasteiger partial charge in [0.05, 0.1) is 22.3 Å². The Hall–Kier alpha value is -2.03. The van der Waals surface area contributed by atoms with E-state index in [1.165, 1.54) is 5.69 Å². The zero-order chi connectivity index (χ0) is 18.9. The van der Waals surface area contributed by atoms with Gasteiger partial charge in [-0.05, 0) is 19.1 Å². The van der Waals surface area contributed by atoms with Gasteiger partial charge in [-0.25, -0.2) is 4.98 Å². The normalized spacial score (nSPS) is 25.6. The number of oxime groups is 1. The van der Waals surface area contributed by atoms with Crippen molar-refractivity contribution in [1.29, 1.82) is 0 Å². The van der Waals surface area contributed by atoms with E-state index in [2.05, 4.69) is 54.3 Å². The molecule has 0 aliphatic carbocycles. The molecule has 0 radical (unpaired) electrons. The molecule has 2 fully saturated rings. The van der Waals surface area contributed by atoms with Crippen LogP contribution in [0, 0.1) is 12.8 Å². The van der Waals surface area contributed by atoms with Gasteiger partial charge < -0.3 is 9.74 Å². The number of nitrogens with zero attached hydrogens (tertiary/aromatic N) is 6. The zero-order valence-corrected chi connectivity index (χ0v) is 17.0. The molecule has 3 aliphatic rings. The van der Waals surface area contributed by atoms with Crippen molar-refractivity contribution in [2.24, 2.45) is 11.1 Å². The fourth-order valence-electron chi connectivity index (χ4n) is 4.38. The Balaban J connectivity index is 1.15. The molecule has 0 amide bonds. The van der Waals surface area contributed by atoms with E-state index < -0.39 is 0 Å². The molecule has 148 valence electrons. The van der Waals surface area contributed by atoms with Crippen molar-refractivity contribution in [2.75, 3.05) is 39.3 Å². The molecule has 0 aromatic carbocycles. The summed E-state index contributed by atoms with van der Waals surface area (Å²) in [4.78, 5) is 22.2. The summed E-state index contributed by atoms with van der Waals surface area (Å²) in [5, 5.41) is 7.77. The van der Waals surface area contributed by atoms with Gasteiger partial charge in [0.2, 0.25) is 0 Å². The summed E-state index contributed by atoms with van der Waals surface area (Å²) in [5.74, 6) is 1.54. The van der Waals surface area contributed by atoms with Crippen molar-refractivity contribution in [2.45, 2.75) is 26.1 Å². The van der Waals surface area contributed by atoms with E-state index in [1.807, 2.05) is 12.3 Å². The second kappa shape index (κ2) is 7.77. The lowest BCUT2D eigenvalue weighted by atomic mass is 10.0. The van der Waals surface area contributed by atoms with E-state index in [-0.39, 0.29) is 6.10 Å². The largest absolute Gasteiger partial charge is 0.389 e. The van der Waals surface area contributed by atoms with Gasteiger partial charge in [0.1, 0.15) is 0 Å². The molecule has 0 bridgehead atoms. The predicted molar refractivity (Wildman–Crippen MR) is 109 cm³/mol. The van der Waals surface area contributed by atoms with Gasteiger partial charge in [0, 0.05) is 63.9 Å². The van der Waals surface area contributed by atoms with Crippen LogP contribution in [-0.4, -0.2) is 75.9 Å². The smallest absolute Gasteiger partial charge is 0.152 e. The highest BCUT2D eigenvalue weighted by Crippen LogP contribution is 2.30. The third-order valence-corrected chi connectivity index (χ3v) is 6.64. The minimum absolute atomic E-state index is 0.196. The monoisotopic (exact) mass is 398 g/mol. The molecule has 5 heterocycles. The number of pyridine rings is 1. The van der Waals surface area contributed by atoms with Crippen molar-refractivity contribution >= 4 is 17.2 Å². The Labute approximate surface area is 169 Å². The summed E-state index contributed by atoms with van der Waals surface area (Å²) in [6.07, 6.45) is 2.07. The Morgan fingerprint density at radius 1 is 1.07 bits per heavy atom. The minimum Gasteiger partial charge on any atom is -0.389 e. The second-order valence-corrected chi connectivity index (χ2v) is 8.90. The van der Waals surface area contributed by atoms with Crippen LogP contribution in [0.5, 0.6) is 0 Å². The maximum atomic E-state index is 5.80. The first-order valence-electron chi connectivity index (χ1n) is 9.99. The van der Waals surface area contributed by atoms with Crippen LogP contribution in [0.15, 0.2) is 34.9 Å². The summed E-state index contributed by atoms with van der Waals surface area (Å²) < 4.78 is 0. The standard InChI is InChI=1S/C20H26N6OS/c1-15-22-17(14-28-15)11-25-12-18-19(13-25)27-23-20(18)26-8-6-24(7-9-26)10-16-4-2-3-5-21-16/h2-5,14,18-19H,6-13H2,1H3/t18-,19-/m0/s1. The molecule has 0 N–H and O–H groups in total. The number of aryl methyl sites for hydroxylation is 1. The van der Waals surface area contributed by atoms with Gasteiger partial charge in [0.15, 0.2) is 11.9 Å². The van der Waals surface area contributed by atoms with Crippen LogP contribution in [0.2, 0.25) is 0 Å². The van der Waals surface area contributed by atoms with Crippen molar-refractivity contribution in [3.05, 3.63) is 46.2 Å². The molecule has 2 aromatic heterocycles. The summed E-state index contributed by atoms with van der Waals surface area (Å²) in [6.45, 7) is 9.92. The highest BCUT2D eigenvalue weighted by atomic mass is 32.1. The Morgan fingerprint density at radius 3 is 2.68 bits per heavy atom. The van der Waals surface area contributed by atoms with Gasteiger partial charge >= 0.3 is 0 Å². The summed E-state index contributed by atoms with van der Waals surface area (Å²) in [7, 11) is 0. The SMILES string of the molecule is Cc1nc(CN2C[C@@H]3ON=C(N4CCN(Cc5ccccn5)CC4)[C@H]3C2)cs1. The molecule has 2 atom stereocenters. The molecule has 3 aliphatic heterocycles. The van der Waals surface area contributed by atoms with E-state index in [0.29, 0.717) is 5.92 Å². The molecule has 0 saturated carbocycles. The molecule has 2 saturated heterocycles. The van der Waals surface area contributed by atoms with Crippen LogP contribution in [0.25, 0.3) is 0 Å². The summed E-state index contributed by atoms with van der Waals surface area (Å²) in [5.41, 5.74) is 2.31. The topological polar surface area (TPSA) is 57.1 Å². The number of amidine groups is 1. The van der Waals surface area contributed by atoms with Gasteiger partial charge in [-0.2, -0.15) is 0 Å². The first kappa shape index (κ1) is 18.0. The van der Waals surface area contributed by atoms with Crippen LogP contribution in [0.4, 0.5) is 0 Å². The van der Waals surface area contributed by atoms with Gasteiger partial charge in [-0.15, -0.1) is 11.3 Å². The molecule has 5 rings (SSSR count). The Morgan fingerprint density at radius 2 is 1.93 bits per heavy atom. The van der Waals surface area contributed by atoms with Crippen molar-refractivity contribution in [3.8, 4) is 0 Å². The van der Waals surface area contributed by atoms with Crippen LogP contribution >= 0.6 is 11.3 Å². The van der Waals surface area contributed by atoms with Crippen LogP contribution in [0.1, 0.15) is 16.4 Å². The maximum absolute atomic E-state index is 5.80. The quantitative estimate of drug-likeness (QED) is 0.783. The molecular weight excluding hydrogens is 372 g/mol. The summed E-state index contributed by atoms with van der Waals surface area (Å²) >= 11 is 1.72. The lowest BCUT2D eigenvalue weighted by Gasteiger charge is -2.36. The summed E-state index contributed by atoms with van der Waals surface area (Å²) in [6, 6.07) is 6.13. The number of hydrogen-bond donors (Lipinski definition) is 0. The third-order valence-electron chi connectivity index (χ3n) is 5.82. The molecule has 8 heteroatoms. The van der Waals surface area contributed by atoms with E-state index in [4.69, 9.17) is 4.84 Å². The first-order valence-corrected chi connectivity index (χ1v) is 10.9. The molecule has 0 spiro atoms. The lowest BCUT2D eigenvalue weighted by Crippen LogP contribution is -2.50. The average molecular weight is 399 g/mol. The first-order chi connectivity index (χ1) is 13.7. The second-order valence-electron chi connectivity index (χ2n) is 7.84. The van der Waals surface area contributed by atoms with E-state index in [0.717, 1.165) is 68.9 Å². The fourth-order valence-corrected chi connectivity index (χ4v) is 4.99. The number of fused-ring (bicyclic) bond motifs is 1. The average Bonchev–Trinajstić information content (AvgIpc) is 3.40. The van der Waals surface area contributed by atoms with Gasteiger partial charge in [-0.1, -0.05) is 11.2 Å². The van der Waals surface area contributed by atoms with Gasteiger partial charge in [-0.3, -0.25) is 14.8 Å². The van der Waals surface area contributed by atoms with Crippen LogP contribution in [0.3, 0.4) is 0 Å². The zero-order valence-electron chi connectivity index (χ0n) is 16.2. The highest BCUT2D eigenvalue weighted by Gasteiger charge is 2.44. The molecule has 7 nitrogen and oxygen atoms in total. The van der Waals surface area contributed by atoms with E-state index >= 15 is 0 Å². The highest BCUT2D eigenvalue weighted by molar-refractivity contribution is 7.09. The molecular formula is C20H26N6OS. The Bertz CT molecular complexity index is 832. The van der Waals surface area contributed by atoms with Crippen molar-refractivity contribution < 1.29 is 4.84 Å².